The minimum atomic E-state index is 1.09. The first-order chi connectivity index (χ1) is 18.8. The molecular weight excluding hydrogens is 478 g/mol. The second-order valence-electron chi connectivity index (χ2n) is 10.1. The lowest BCUT2D eigenvalue weighted by Gasteiger charge is -2.15. The van der Waals surface area contributed by atoms with E-state index in [-0.39, 0.29) is 0 Å². The van der Waals surface area contributed by atoms with Gasteiger partial charge in [-0.1, -0.05) is 85.0 Å². The van der Waals surface area contributed by atoms with Crippen LogP contribution in [0, 0.1) is 0 Å². The summed E-state index contributed by atoms with van der Waals surface area (Å²) in [7, 11) is 0. The van der Waals surface area contributed by atoms with Crippen molar-refractivity contribution in [3.8, 4) is 16.8 Å². The number of aromatic nitrogens is 1. The molecule has 0 aliphatic heterocycles. The highest BCUT2D eigenvalue weighted by Gasteiger charge is 2.17. The van der Waals surface area contributed by atoms with Gasteiger partial charge >= 0.3 is 0 Å². The van der Waals surface area contributed by atoms with Crippen LogP contribution in [0.2, 0.25) is 0 Å². The summed E-state index contributed by atoms with van der Waals surface area (Å²) in [6.07, 6.45) is 9.16. The van der Waals surface area contributed by atoms with Crippen molar-refractivity contribution in [3.63, 3.8) is 0 Å². The molecule has 0 N–H and O–H groups in total. The fraction of sp³-hybridized carbons (Fsp3) is 0.0556. The molecule has 0 radical (unpaired) electrons. The van der Waals surface area contributed by atoms with E-state index in [0.29, 0.717) is 0 Å². The van der Waals surface area contributed by atoms with Crippen LogP contribution in [0.25, 0.3) is 64.4 Å². The standard InChI is InChI=1S/C36H25NS/c1-3-11-24(12-4-1)26-19-27(25-13-5-2-6-14-25)21-28(20-26)37-33-17-9-7-15-29(33)31-23-36-32(22-34(31)37)30-16-8-10-18-35(30)38-36/h1,3-5,7-23H,2,6H2. The molecule has 2 aromatic heterocycles. The Kier molecular flexibility index (Phi) is 4.89. The molecule has 1 aliphatic rings. The smallest absolute Gasteiger partial charge is 0.0548 e. The van der Waals surface area contributed by atoms with E-state index in [1.54, 1.807) is 0 Å². The topological polar surface area (TPSA) is 4.93 Å². The van der Waals surface area contributed by atoms with E-state index < -0.39 is 0 Å². The second kappa shape index (κ2) is 8.58. The van der Waals surface area contributed by atoms with Gasteiger partial charge in [-0.2, -0.15) is 0 Å². The van der Waals surface area contributed by atoms with Crippen LogP contribution in [0.1, 0.15) is 18.4 Å². The lowest BCUT2D eigenvalue weighted by molar-refractivity contribution is 1.04. The molecule has 1 aliphatic carbocycles. The fourth-order valence-electron chi connectivity index (χ4n) is 6.00. The molecule has 0 atom stereocenters. The Bertz CT molecular complexity index is 2070. The predicted molar refractivity (Wildman–Crippen MR) is 165 cm³/mol. The van der Waals surface area contributed by atoms with Crippen molar-refractivity contribution in [1.82, 2.24) is 4.57 Å². The van der Waals surface area contributed by atoms with E-state index in [4.69, 9.17) is 0 Å². The molecule has 5 aromatic carbocycles. The molecule has 8 rings (SSSR count). The lowest BCUT2D eigenvalue weighted by atomic mass is 9.95. The third kappa shape index (κ3) is 3.38. The molecule has 0 unspecified atom stereocenters. The van der Waals surface area contributed by atoms with Gasteiger partial charge in [-0.3, -0.25) is 0 Å². The summed E-state index contributed by atoms with van der Waals surface area (Å²) >= 11 is 1.89. The van der Waals surface area contributed by atoms with Gasteiger partial charge in [0.1, 0.15) is 0 Å². The van der Waals surface area contributed by atoms with Gasteiger partial charge in [-0.05, 0) is 77.6 Å². The van der Waals surface area contributed by atoms with Crippen molar-refractivity contribution in [3.05, 3.63) is 133 Å². The number of hydrogen-bond donors (Lipinski definition) is 0. The highest BCUT2D eigenvalue weighted by molar-refractivity contribution is 7.25. The number of fused-ring (bicyclic) bond motifs is 6. The van der Waals surface area contributed by atoms with Crippen molar-refractivity contribution in [2.45, 2.75) is 12.8 Å². The molecule has 0 spiro atoms. The molecule has 0 fully saturated rings. The molecule has 2 heterocycles. The van der Waals surface area contributed by atoms with Gasteiger partial charge in [0.25, 0.3) is 0 Å². The van der Waals surface area contributed by atoms with Crippen molar-refractivity contribution in [2.75, 3.05) is 0 Å². The van der Waals surface area contributed by atoms with Gasteiger partial charge in [0.05, 0.1) is 11.0 Å². The van der Waals surface area contributed by atoms with Crippen LogP contribution in [0.3, 0.4) is 0 Å². The highest BCUT2D eigenvalue weighted by Crippen LogP contribution is 2.41. The predicted octanol–water partition coefficient (Wildman–Crippen LogP) is 10.6. The zero-order valence-electron chi connectivity index (χ0n) is 20.9. The van der Waals surface area contributed by atoms with Gasteiger partial charge in [0.2, 0.25) is 0 Å². The third-order valence-corrected chi connectivity index (χ3v) is 8.92. The third-order valence-electron chi connectivity index (χ3n) is 7.78. The SMILES string of the molecule is C1=CC(c2cc(-c3ccccc3)cc(-n3c4ccccc4c4cc5sc6ccccc6c5cc43)c2)=CCC1. The van der Waals surface area contributed by atoms with Crippen molar-refractivity contribution < 1.29 is 0 Å². The van der Waals surface area contributed by atoms with E-state index in [2.05, 4.69) is 132 Å². The van der Waals surface area contributed by atoms with Crippen molar-refractivity contribution in [1.29, 1.82) is 0 Å². The average molecular weight is 504 g/mol. The van der Waals surface area contributed by atoms with E-state index in [1.165, 1.54) is 69.9 Å². The summed E-state index contributed by atoms with van der Waals surface area (Å²) in [5.41, 5.74) is 8.76. The van der Waals surface area contributed by atoms with Gasteiger partial charge < -0.3 is 4.57 Å². The zero-order valence-corrected chi connectivity index (χ0v) is 21.7. The molecular formula is C36H25NS. The monoisotopic (exact) mass is 503 g/mol. The Morgan fingerprint density at radius 1 is 0.526 bits per heavy atom. The molecule has 180 valence electrons. The van der Waals surface area contributed by atoms with Gasteiger partial charge in [-0.15, -0.1) is 11.3 Å². The van der Waals surface area contributed by atoms with Crippen LogP contribution in [0.5, 0.6) is 0 Å². The first kappa shape index (κ1) is 21.7. The van der Waals surface area contributed by atoms with Crippen molar-refractivity contribution >= 4 is 58.9 Å². The largest absolute Gasteiger partial charge is 0.309 e. The Morgan fingerprint density at radius 2 is 1.32 bits per heavy atom. The number of allylic oxidation sites excluding steroid dienone is 4. The fourth-order valence-corrected chi connectivity index (χ4v) is 7.12. The maximum Gasteiger partial charge on any atom is 0.0548 e. The molecule has 7 aromatic rings. The minimum Gasteiger partial charge on any atom is -0.309 e. The van der Waals surface area contributed by atoms with Crippen LogP contribution >= 0.6 is 11.3 Å². The molecule has 0 saturated carbocycles. The van der Waals surface area contributed by atoms with Crippen molar-refractivity contribution in [2.24, 2.45) is 0 Å². The van der Waals surface area contributed by atoms with E-state index in [9.17, 15) is 0 Å². The van der Waals surface area contributed by atoms with Crippen LogP contribution in [0.4, 0.5) is 0 Å². The van der Waals surface area contributed by atoms with Crippen LogP contribution in [-0.2, 0) is 0 Å². The minimum absolute atomic E-state index is 1.09. The second-order valence-corrected chi connectivity index (χ2v) is 11.2. The summed E-state index contributed by atoms with van der Waals surface area (Å²) in [5.74, 6) is 0. The number of nitrogens with zero attached hydrogens (tertiary/aromatic N) is 1. The highest BCUT2D eigenvalue weighted by atomic mass is 32.1. The lowest BCUT2D eigenvalue weighted by Crippen LogP contribution is -1.97. The van der Waals surface area contributed by atoms with E-state index >= 15 is 0 Å². The van der Waals surface area contributed by atoms with E-state index in [0.717, 1.165) is 12.8 Å². The number of hydrogen-bond acceptors (Lipinski definition) is 1. The van der Waals surface area contributed by atoms with Gasteiger partial charge in [0, 0.05) is 36.6 Å². The average Bonchev–Trinajstić information content (AvgIpc) is 3.51. The first-order valence-corrected chi connectivity index (χ1v) is 14.1. The number of benzene rings is 5. The molecule has 0 amide bonds. The molecule has 38 heavy (non-hydrogen) atoms. The number of thiophene rings is 1. The molecule has 2 heteroatoms. The normalized spacial score (nSPS) is 13.6. The van der Waals surface area contributed by atoms with Crippen LogP contribution in [-0.4, -0.2) is 4.57 Å². The quantitative estimate of drug-likeness (QED) is 0.226. The molecule has 0 bridgehead atoms. The first-order valence-electron chi connectivity index (χ1n) is 13.3. The summed E-state index contributed by atoms with van der Waals surface area (Å²) in [4.78, 5) is 0. The van der Waals surface area contributed by atoms with E-state index in [1.807, 2.05) is 11.3 Å². The summed E-state index contributed by atoms with van der Waals surface area (Å²) in [6.45, 7) is 0. The Hall–Kier alpha value is -4.40. The maximum absolute atomic E-state index is 2.47. The summed E-state index contributed by atoms with van der Waals surface area (Å²) < 4.78 is 5.16. The summed E-state index contributed by atoms with van der Waals surface area (Å²) in [5, 5.41) is 5.27. The Labute approximate surface area is 225 Å². The Balaban J connectivity index is 1.47. The van der Waals surface area contributed by atoms with Crippen LogP contribution in [0.15, 0.2) is 127 Å². The Morgan fingerprint density at radius 3 is 2.18 bits per heavy atom. The number of para-hydroxylation sites is 1. The van der Waals surface area contributed by atoms with Gasteiger partial charge in [-0.25, -0.2) is 0 Å². The molecule has 0 saturated heterocycles. The maximum atomic E-state index is 2.47. The number of rotatable bonds is 3. The zero-order chi connectivity index (χ0) is 25.1. The molecule has 1 nitrogen and oxygen atoms in total. The summed E-state index contributed by atoms with van der Waals surface area (Å²) in [6, 6.07) is 40.3. The van der Waals surface area contributed by atoms with Crippen LogP contribution < -0.4 is 0 Å². The van der Waals surface area contributed by atoms with Gasteiger partial charge in [0.15, 0.2) is 0 Å².